The highest BCUT2D eigenvalue weighted by atomic mass is 16.3. The van der Waals surface area contributed by atoms with Crippen LogP contribution in [0.15, 0.2) is 0 Å². The highest BCUT2D eigenvalue weighted by Gasteiger charge is 1.93. The van der Waals surface area contributed by atoms with Crippen molar-refractivity contribution in [3.8, 4) is 0 Å². The summed E-state index contributed by atoms with van der Waals surface area (Å²) in [5.41, 5.74) is 0. The Morgan fingerprint density at radius 2 is 2.11 bits per heavy atom. The summed E-state index contributed by atoms with van der Waals surface area (Å²) in [7, 11) is 1.95. The second-order valence-corrected chi connectivity index (χ2v) is 2.45. The monoisotopic (exact) mass is 131 g/mol. The number of rotatable bonds is 5. The smallest absolute Gasteiger partial charge is 0.0512 e. The highest BCUT2D eigenvalue weighted by molar-refractivity contribution is 4.48. The highest BCUT2D eigenvalue weighted by Crippen LogP contribution is 1.97. The third-order valence-electron chi connectivity index (χ3n) is 1.30. The summed E-state index contributed by atoms with van der Waals surface area (Å²) < 4.78 is 0. The van der Waals surface area contributed by atoms with Crippen LogP contribution in [0.2, 0.25) is 0 Å². The van der Waals surface area contributed by atoms with Crippen LogP contribution >= 0.6 is 0 Å². The summed E-state index contributed by atoms with van der Waals surface area (Å²) in [5, 5.41) is 11.9. The molecule has 0 bridgehead atoms. The van der Waals surface area contributed by atoms with Gasteiger partial charge in [-0.25, -0.2) is 0 Å². The summed E-state index contributed by atoms with van der Waals surface area (Å²) in [6.45, 7) is 2.89. The third kappa shape index (κ3) is 7.92. The number of aliphatic hydroxyl groups is 1. The lowest BCUT2D eigenvalue weighted by Gasteiger charge is -2.01. The molecule has 2 heteroatoms. The molecule has 0 unspecified atom stereocenters. The van der Waals surface area contributed by atoms with E-state index in [1.165, 1.54) is 6.42 Å². The van der Waals surface area contributed by atoms with Crippen molar-refractivity contribution in [2.24, 2.45) is 0 Å². The van der Waals surface area contributed by atoms with E-state index < -0.39 is 0 Å². The lowest BCUT2D eigenvalue weighted by Crippen LogP contribution is -2.08. The quantitative estimate of drug-likeness (QED) is 0.540. The fraction of sp³-hybridized carbons (Fsp3) is 1.00. The summed E-state index contributed by atoms with van der Waals surface area (Å²) in [6.07, 6.45) is 3.10. The molecule has 0 saturated carbocycles. The zero-order valence-corrected chi connectivity index (χ0v) is 6.35. The fourth-order valence-electron chi connectivity index (χ4n) is 0.742. The van der Waals surface area contributed by atoms with Gasteiger partial charge in [0.1, 0.15) is 0 Å². The molecule has 2 nitrogen and oxygen atoms in total. The topological polar surface area (TPSA) is 32.3 Å². The molecule has 0 rings (SSSR count). The second-order valence-electron chi connectivity index (χ2n) is 2.45. The number of nitrogens with one attached hydrogen (secondary N) is 1. The largest absolute Gasteiger partial charge is 0.393 e. The maximum atomic E-state index is 8.83. The van der Waals surface area contributed by atoms with Gasteiger partial charge in [0.15, 0.2) is 0 Å². The average Bonchev–Trinajstić information content (AvgIpc) is 1.80. The second kappa shape index (κ2) is 6.05. The van der Waals surface area contributed by atoms with E-state index in [2.05, 4.69) is 5.32 Å². The van der Waals surface area contributed by atoms with Gasteiger partial charge in [-0.1, -0.05) is 0 Å². The van der Waals surface area contributed by atoms with Crippen molar-refractivity contribution in [3.63, 3.8) is 0 Å². The number of aliphatic hydroxyl groups excluding tert-OH is 1. The van der Waals surface area contributed by atoms with Crippen LogP contribution in [0.25, 0.3) is 0 Å². The van der Waals surface area contributed by atoms with Crippen molar-refractivity contribution < 1.29 is 5.11 Å². The molecule has 0 aliphatic carbocycles. The molecular formula is C7H17NO. The Balaban J connectivity index is 2.75. The number of hydrogen-bond donors (Lipinski definition) is 2. The summed E-state index contributed by atoms with van der Waals surface area (Å²) in [6, 6.07) is 0. The molecule has 9 heavy (non-hydrogen) atoms. The van der Waals surface area contributed by atoms with E-state index in [9.17, 15) is 0 Å². The minimum atomic E-state index is -0.123. The standard InChI is InChI=1S/C7H17NO/c1-7(9)5-3-4-6-8-2/h7-9H,3-6H2,1-2H3/t7-/m1/s1. The predicted molar refractivity (Wildman–Crippen MR) is 39.5 cm³/mol. The van der Waals surface area contributed by atoms with Crippen molar-refractivity contribution in [3.05, 3.63) is 0 Å². The van der Waals surface area contributed by atoms with Crippen LogP contribution in [0.5, 0.6) is 0 Å². The molecule has 0 fully saturated rings. The third-order valence-corrected chi connectivity index (χ3v) is 1.30. The van der Waals surface area contributed by atoms with Gasteiger partial charge >= 0.3 is 0 Å². The van der Waals surface area contributed by atoms with E-state index in [1.54, 1.807) is 0 Å². The summed E-state index contributed by atoms with van der Waals surface area (Å²) in [5.74, 6) is 0. The minimum absolute atomic E-state index is 0.123. The molecule has 0 aromatic rings. The van der Waals surface area contributed by atoms with Crippen LogP contribution < -0.4 is 5.32 Å². The molecule has 0 aliphatic heterocycles. The molecule has 0 spiro atoms. The molecule has 0 radical (unpaired) electrons. The van der Waals surface area contributed by atoms with Crippen LogP contribution in [0.1, 0.15) is 26.2 Å². The van der Waals surface area contributed by atoms with Gasteiger partial charge in [0.2, 0.25) is 0 Å². The minimum Gasteiger partial charge on any atom is -0.393 e. The van der Waals surface area contributed by atoms with E-state index in [-0.39, 0.29) is 6.10 Å². The van der Waals surface area contributed by atoms with Crippen LogP contribution in [0, 0.1) is 0 Å². The molecule has 0 aromatic heterocycles. The maximum absolute atomic E-state index is 8.83. The van der Waals surface area contributed by atoms with E-state index >= 15 is 0 Å². The molecule has 0 aliphatic rings. The molecule has 0 aromatic carbocycles. The van der Waals surface area contributed by atoms with Crippen LogP contribution in [-0.4, -0.2) is 24.8 Å². The van der Waals surface area contributed by atoms with E-state index in [1.807, 2.05) is 14.0 Å². The van der Waals surface area contributed by atoms with Gasteiger partial charge in [-0.2, -0.15) is 0 Å². The van der Waals surface area contributed by atoms with Gasteiger partial charge in [-0.05, 0) is 39.8 Å². The Morgan fingerprint density at radius 3 is 2.56 bits per heavy atom. The molecule has 1 atom stereocenters. The van der Waals surface area contributed by atoms with Gasteiger partial charge < -0.3 is 10.4 Å². The Bertz CT molecular complexity index is 54.9. The Morgan fingerprint density at radius 1 is 1.44 bits per heavy atom. The summed E-state index contributed by atoms with van der Waals surface area (Å²) >= 11 is 0. The SMILES string of the molecule is CNCCCC[C@@H](C)O. The van der Waals surface area contributed by atoms with Gasteiger partial charge in [0.05, 0.1) is 6.10 Å². The first kappa shape index (κ1) is 8.92. The summed E-state index contributed by atoms with van der Waals surface area (Å²) in [4.78, 5) is 0. The Labute approximate surface area is 57.3 Å². The zero-order valence-electron chi connectivity index (χ0n) is 6.35. The number of unbranched alkanes of at least 4 members (excludes halogenated alkanes) is 1. The lowest BCUT2D eigenvalue weighted by atomic mass is 10.2. The normalized spacial score (nSPS) is 13.7. The number of hydrogen-bond acceptors (Lipinski definition) is 2. The first-order chi connectivity index (χ1) is 4.27. The van der Waals surface area contributed by atoms with E-state index in [4.69, 9.17) is 5.11 Å². The van der Waals surface area contributed by atoms with Crippen LogP contribution in [-0.2, 0) is 0 Å². The average molecular weight is 131 g/mol. The van der Waals surface area contributed by atoms with Crippen molar-refractivity contribution in [1.29, 1.82) is 0 Å². The van der Waals surface area contributed by atoms with Gasteiger partial charge in [-0.15, -0.1) is 0 Å². The lowest BCUT2D eigenvalue weighted by molar-refractivity contribution is 0.180. The van der Waals surface area contributed by atoms with Crippen molar-refractivity contribution >= 4 is 0 Å². The molecule has 0 heterocycles. The van der Waals surface area contributed by atoms with Crippen molar-refractivity contribution in [2.45, 2.75) is 32.3 Å². The van der Waals surface area contributed by atoms with Gasteiger partial charge in [0, 0.05) is 0 Å². The van der Waals surface area contributed by atoms with Gasteiger partial charge in [-0.3, -0.25) is 0 Å². The molecule has 2 N–H and O–H groups in total. The first-order valence-electron chi connectivity index (χ1n) is 3.60. The van der Waals surface area contributed by atoms with Crippen LogP contribution in [0.3, 0.4) is 0 Å². The van der Waals surface area contributed by atoms with E-state index in [0.717, 1.165) is 19.4 Å². The van der Waals surface area contributed by atoms with Crippen LogP contribution in [0.4, 0.5) is 0 Å². The molecule has 0 amide bonds. The molecular weight excluding hydrogens is 114 g/mol. The van der Waals surface area contributed by atoms with E-state index in [0.29, 0.717) is 0 Å². The fourth-order valence-corrected chi connectivity index (χ4v) is 0.742. The van der Waals surface area contributed by atoms with Gasteiger partial charge in [0.25, 0.3) is 0 Å². The molecule has 56 valence electrons. The maximum Gasteiger partial charge on any atom is 0.0512 e. The predicted octanol–water partition coefficient (Wildman–Crippen LogP) is 0.757. The molecule has 0 saturated heterocycles. The Kier molecular flexibility index (Phi) is 5.99. The van der Waals surface area contributed by atoms with Crippen molar-refractivity contribution in [2.75, 3.05) is 13.6 Å². The van der Waals surface area contributed by atoms with Crippen molar-refractivity contribution in [1.82, 2.24) is 5.32 Å². The Hall–Kier alpha value is -0.0800. The first-order valence-corrected chi connectivity index (χ1v) is 3.60. The zero-order chi connectivity index (χ0) is 7.11.